The number of benzene rings is 1. The average molecular weight is 268 g/mol. The Morgan fingerprint density at radius 2 is 2.07 bits per heavy atom. The third kappa shape index (κ3) is 2.83. The summed E-state index contributed by atoms with van der Waals surface area (Å²) in [6.45, 7) is 2.21. The van der Waals surface area contributed by atoms with E-state index in [-0.39, 0.29) is 0 Å². The minimum Gasteiger partial charge on any atom is -0.484 e. The standard InChI is InChI=1S/C11H10BrNO2/c1-8-6-13-11(15-8)7-14-10-4-2-9(12)3-5-10/h2-6H,7H2,1H3. The molecule has 0 aliphatic rings. The Bertz CT molecular complexity index is 436. The van der Waals surface area contributed by atoms with E-state index < -0.39 is 0 Å². The predicted molar refractivity (Wildman–Crippen MR) is 59.7 cm³/mol. The van der Waals surface area contributed by atoms with Gasteiger partial charge in [0.15, 0.2) is 6.61 Å². The van der Waals surface area contributed by atoms with Gasteiger partial charge in [-0.15, -0.1) is 0 Å². The number of nitrogens with zero attached hydrogens (tertiary/aromatic N) is 1. The average Bonchev–Trinajstić information content (AvgIpc) is 2.64. The summed E-state index contributed by atoms with van der Waals surface area (Å²) >= 11 is 3.36. The van der Waals surface area contributed by atoms with E-state index in [9.17, 15) is 0 Å². The van der Waals surface area contributed by atoms with Crippen LogP contribution >= 0.6 is 15.9 Å². The number of hydrogen-bond acceptors (Lipinski definition) is 3. The molecule has 0 saturated heterocycles. The van der Waals surface area contributed by atoms with Crippen LogP contribution in [0.2, 0.25) is 0 Å². The van der Waals surface area contributed by atoms with Crippen molar-refractivity contribution in [3.8, 4) is 5.75 Å². The summed E-state index contributed by atoms with van der Waals surface area (Å²) in [5.41, 5.74) is 0. The molecule has 15 heavy (non-hydrogen) atoms. The van der Waals surface area contributed by atoms with Gasteiger partial charge in [0.2, 0.25) is 5.89 Å². The van der Waals surface area contributed by atoms with Gasteiger partial charge < -0.3 is 9.15 Å². The lowest BCUT2D eigenvalue weighted by Gasteiger charge is -2.02. The van der Waals surface area contributed by atoms with Gasteiger partial charge in [-0.1, -0.05) is 15.9 Å². The molecule has 0 atom stereocenters. The van der Waals surface area contributed by atoms with E-state index >= 15 is 0 Å². The normalized spacial score (nSPS) is 10.3. The topological polar surface area (TPSA) is 35.3 Å². The summed E-state index contributed by atoms with van der Waals surface area (Å²) in [4.78, 5) is 4.05. The van der Waals surface area contributed by atoms with Crippen LogP contribution in [-0.2, 0) is 6.61 Å². The Hall–Kier alpha value is -1.29. The summed E-state index contributed by atoms with van der Waals surface area (Å²) in [5.74, 6) is 2.19. The van der Waals surface area contributed by atoms with E-state index in [2.05, 4.69) is 20.9 Å². The molecule has 0 amide bonds. The van der Waals surface area contributed by atoms with E-state index in [0.717, 1.165) is 16.0 Å². The Balaban J connectivity index is 1.96. The van der Waals surface area contributed by atoms with E-state index in [1.54, 1.807) is 6.20 Å². The van der Waals surface area contributed by atoms with Crippen molar-refractivity contribution in [2.45, 2.75) is 13.5 Å². The fourth-order valence-corrected chi connectivity index (χ4v) is 1.41. The van der Waals surface area contributed by atoms with Crippen LogP contribution in [0.4, 0.5) is 0 Å². The molecule has 0 spiro atoms. The zero-order valence-electron chi connectivity index (χ0n) is 8.24. The third-order valence-electron chi connectivity index (χ3n) is 1.85. The van der Waals surface area contributed by atoms with Crippen LogP contribution in [0, 0.1) is 6.92 Å². The number of ether oxygens (including phenoxy) is 1. The molecule has 0 fully saturated rings. The van der Waals surface area contributed by atoms with Crippen LogP contribution in [0.5, 0.6) is 5.75 Å². The van der Waals surface area contributed by atoms with E-state index in [1.807, 2.05) is 31.2 Å². The number of halogens is 1. The quantitative estimate of drug-likeness (QED) is 0.856. The van der Waals surface area contributed by atoms with Gasteiger partial charge in [-0.3, -0.25) is 0 Å². The van der Waals surface area contributed by atoms with Crippen LogP contribution < -0.4 is 4.74 Å². The Kier molecular flexibility index (Phi) is 3.06. The SMILES string of the molecule is Cc1cnc(COc2ccc(Br)cc2)o1. The first-order valence-electron chi connectivity index (χ1n) is 4.54. The summed E-state index contributed by atoms with van der Waals surface area (Å²) in [6, 6.07) is 7.63. The monoisotopic (exact) mass is 267 g/mol. The molecule has 0 aliphatic carbocycles. The second-order valence-corrected chi connectivity index (χ2v) is 4.02. The number of oxazole rings is 1. The zero-order valence-corrected chi connectivity index (χ0v) is 9.82. The van der Waals surface area contributed by atoms with Gasteiger partial charge in [-0.05, 0) is 31.2 Å². The number of aromatic nitrogens is 1. The van der Waals surface area contributed by atoms with Crippen LogP contribution in [0.1, 0.15) is 11.7 Å². The van der Waals surface area contributed by atoms with Gasteiger partial charge in [-0.2, -0.15) is 0 Å². The van der Waals surface area contributed by atoms with E-state index in [4.69, 9.17) is 9.15 Å². The Labute approximate surface area is 96.2 Å². The maximum Gasteiger partial charge on any atom is 0.232 e. The van der Waals surface area contributed by atoms with Crippen molar-refractivity contribution in [3.63, 3.8) is 0 Å². The van der Waals surface area contributed by atoms with Crippen molar-refractivity contribution in [3.05, 3.63) is 46.6 Å². The summed E-state index contributed by atoms with van der Waals surface area (Å²) in [6.07, 6.45) is 1.68. The van der Waals surface area contributed by atoms with Crippen molar-refractivity contribution in [2.24, 2.45) is 0 Å². The number of aryl methyl sites for hydroxylation is 1. The second-order valence-electron chi connectivity index (χ2n) is 3.11. The maximum atomic E-state index is 5.48. The fourth-order valence-electron chi connectivity index (χ4n) is 1.14. The lowest BCUT2D eigenvalue weighted by atomic mass is 10.3. The van der Waals surface area contributed by atoms with Crippen molar-refractivity contribution >= 4 is 15.9 Å². The Morgan fingerprint density at radius 3 is 2.67 bits per heavy atom. The van der Waals surface area contributed by atoms with Crippen LogP contribution in [0.15, 0.2) is 39.4 Å². The molecule has 0 aliphatic heterocycles. The molecule has 2 aromatic rings. The van der Waals surface area contributed by atoms with E-state index in [0.29, 0.717) is 12.5 Å². The smallest absolute Gasteiger partial charge is 0.232 e. The van der Waals surface area contributed by atoms with Gasteiger partial charge >= 0.3 is 0 Å². The molecule has 0 saturated carbocycles. The number of rotatable bonds is 3. The molecule has 1 aromatic carbocycles. The van der Waals surface area contributed by atoms with Crippen LogP contribution in [0.25, 0.3) is 0 Å². The summed E-state index contributed by atoms with van der Waals surface area (Å²) < 4.78 is 11.8. The molecular weight excluding hydrogens is 258 g/mol. The second kappa shape index (κ2) is 4.49. The first-order chi connectivity index (χ1) is 7.24. The lowest BCUT2D eigenvalue weighted by molar-refractivity contribution is 0.260. The van der Waals surface area contributed by atoms with Crippen molar-refractivity contribution < 1.29 is 9.15 Å². The summed E-state index contributed by atoms with van der Waals surface area (Å²) in [5, 5.41) is 0. The molecule has 2 rings (SSSR count). The maximum absolute atomic E-state index is 5.48. The largest absolute Gasteiger partial charge is 0.484 e. The molecule has 0 unspecified atom stereocenters. The third-order valence-corrected chi connectivity index (χ3v) is 2.37. The highest BCUT2D eigenvalue weighted by atomic mass is 79.9. The minimum atomic E-state index is 0.357. The molecule has 3 nitrogen and oxygen atoms in total. The molecule has 4 heteroatoms. The molecule has 1 heterocycles. The van der Waals surface area contributed by atoms with Gasteiger partial charge in [0, 0.05) is 4.47 Å². The Morgan fingerprint density at radius 1 is 1.33 bits per heavy atom. The molecule has 1 aromatic heterocycles. The molecule has 78 valence electrons. The lowest BCUT2D eigenvalue weighted by Crippen LogP contribution is -1.94. The predicted octanol–water partition coefficient (Wildman–Crippen LogP) is 3.32. The molecular formula is C11H10BrNO2. The van der Waals surface area contributed by atoms with Crippen molar-refractivity contribution in [1.82, 2.24) is 4.98 Å². The molecule has 0 bridgehead atoms. The zero-order chi connectivity index (χ0) is 10.7. The molecule has 0 radical (unpaired) electrons. The van der Waals surface area contributed by atoms with Crippen molar-refractivity contribution in [1.29, 1.82) is 0 Å². The van der Waals surface area contributed by atoms with Gasteiger partial charge in [0.25, 0.3) is 0 Å². The van der Waals surface area contributed by atoms with Gasteiger partial charge in [0.05, 0.1) is 6.20 Å². The van der Waals surface area contributed by atoms with Crippen LogP contribution in [-0.4, -0.2) is 4.98 Å². The molecule has 0 N–H and O–H groups in total. The summed E-state index contributed by atoms with van der Waals surface area (Å²) in [7, 11) is 0. The minimum absolute atomic E-state index is 0.357. The van der Waals surface area contributed by atoms with E-state index in [1.165, 1.54) is 0 Å². The van der Waals surface area contributed by atoms with Gasteiger partial charge in [-0.25, -0.2) is 4.98 Å². The van der Waals surface area contributed by atoms with Gasteiger partial charge in [0.1, 0.15) is 11.5 Å². The highest BCUT2D eigenvalue weighted by Gasteiger charge is 2.01. The highest BCUT2D eigenvalue weighted by Crippen LogP contribution is 2.17. The van der Waals surface area contributed by atoms with Crippen molar-refractivity contribution in [2.75, 3.05) is 0 Å². The first kappa shape index (κ1) is 10.2. The van der Waals surface area contributed by atoms with Crippen LogP contribution in [0.3, 0.4) is 0 Å². The number of hydrogen-bond donors (Lipinski definition) is 0. The highest BCUT2D eigenvalue weighted by molar-refractivity contribution is 9.10. The fraction of sp³-hybridized carbons (Fsp3) is 0.182. The first-order valence-corrected chi connectivity index (χ1v) is 5.33.